The molecule has 3 N–H and O–H groups in total. The summed E-state index contributed by atoms with van der Waals surface area (Å²) in [7, 11) is 0. The molecule has 0 radical (unpaired) electrons. The maximum atomic E-state index is 11.5. The van der Waals surface area contributed by atoms with Crippen molar-refractivity contribution in [2.45, 2.75) is 6.42 Å². The lowest BCUT2D eigenvalue weighted by molar-refractivity contribution is -0.135. The van der Waals surface area contributed by atoms with Crippen LogP contribution in [0.1, 0.15) is 11.1 Å². The van der Waals surface area contributed by atoms with Crippen LogP contribution in [0.4, 0.5) is 10.5 Å². The number of benzene rings is 2. The molecule has 0 saturated carbocycles. The van der Waals surface area contributed by atoms with Gasteiger partial charge < -0.3 is 15.7 Å². The second-order valence-electron chi connectivity index (χ2n) is 4.91. The number of carboxylic acid groups (broad SMARTS) is 1. The maximum absolute atomic E-state index is 11.5. The number of anilines is 1. The molecule has 3 rings (SSSR count). The van der Waals surface area contributed by atoms with Crippen molar-refractivity contribution in [3.8, 4) is 11.1 Å². The highest BCUT2D eigenvalue weighted by molar-refractivity contribution is 5.92. The quantitative estimate of drug-likeness (QED) is 0.690. The van der Waals surface area contributed by atoms with Crippen LogP contribution in [0.5, 0.6) is 0 Å². The smallest absolute Gasteiger partial charge is 0.323 e. The molecule has 2 aromatic carbocycles. The number of carboxylic acids is 1. The fourth-order valence-electron chi connectivity index (χ4n) is 2.55. The van der Waals surface area contributed by atoms with E-state index in [9.17, 15) is 9.59 Å². The topological polar surface area (TPSA) is 78.4 Å². The average Bonchev–Trinajstić information content (AvgIpc) is 2.82. The van der Waals surface area contributed by atoms with E-state index in [0.717, 1.165) is 12.0 Å². The fraction of sp³-hybridized carbons (Fsp3) is 0.125. The Hall–Kier alpha value is -2.82. The third kappa shape index (κ3) is 2.72. The third-order valence-corrected chi connectivity index (χ3v) is 3.45. The van der Waals surface area contributed by atoms with Gasteiger partial charge in [-0.05, 0) is 40.8 Å². The molecule has 106 valence electrons. The van der Waals surface area contributed by atoms with Gasteiger partial charge in [0.25, 0.3) is 0 Å². The van der Waals surface area contributed by atoms with Gasteiger partial charge in [-0.1, -0.05) is 30.3 Å². The first-order chi connectivity index (χ1) is 10.1. The Labute approximate surface area is 121 Å². The average molecular weight is 282 g/mol. The van der Waals surface area contributed by atoms with Crippen LogP contribution >= 0.6 is 0 Å². The van der Waals surface area contributed by atoms with Gasteiger partial charge in [-0.15, -0.1) is 0 Å². The minimum Gasteiger partial charge on any atom is -0.480 e. The largest absolute Gasteiger partial charge is 0.480 e. The van der Waals surface area contributed by atoms with Crippen LogP contribution in [0.15, 0.2) is 42.5 Å². The number of urea groups is 1. The molecule has 0 unspecified atom stereocenters. The lowest BCUT2D eigenvalue weighted by Crippen LogP contribution is -2.33. The second-order valence-corrected chi connectivity index (χ2v) is 4.91. The maximum Gasteiger partial charge on any atom is 0.323 e. The minimum absolute atomic E-state index is 0.401. The summed E-state index contributed by atoms with van der Waals surface area (Å²) in [5.41, 5.74) is 5.51. The van der Waals surface area contributed by atoms with E-state index in [1.54, 1.807) is 0 Å². The Morgan fingerprint density at radius 3 is 2.62 bits per heavy atom. The summed E-state index contributed by atoms with van der Waals surface area (Å²) in [6, 6.07) is 13.4. The van der Waals surface area contributed by atoms with E-state index in [4.69, 9.17) is 5.11 Å². The van der Waals surface area contributed by atoms with Gasteiger partial charge in [0, 0.05) is 5.69 Å². The molecular formula is C16H14N2O3. The molecule has 2 aromatic rings. The number of amides is 2. The van der Waals surface area contributed by atoms with Crippen molar-refractivity contribution < 1.29 is 14.7 Å². The van der Waals surface area contributed by atoms with Gasteiger partial charge in [0.15, 0.2) is 0 Å². The third-order valence-electron chi connectivity index (χ3n) is 3.45. The Balaban J connectivity index is 1.75. The van der Waals surface area contributed by atoms with Crippen molar-refractivity contribution in [2.24, 2.45) is 0 Å². The molecule has 0 bridgehead atoms. The molecule has 0 spiro atoms. The summed E-state index contributed by atoms with van der Waals surface area (Å²) in [5, 5.41) is 13.4. The molecule has 21 heavy (non-hydrogen) atoms. The van der Waals surface area contributed by atoms with Crippen LogP contribution in [-0.2, 0) is 11.2 Å². The summed E-state index contributed by atoms with van der Waals surface area (Å²) in [4.78, 5) is 21.9. The number of carbonyl (C=O) groups is 2. The normalized spacial score (nSPS) is 11.4. The predicted octanol–water partition coefficient (Wildman–Crippen LogP) is 2.46. The van der Waals surface area contributed by atoms with Crippen molar-refractivity contribution in [1.29, 1.82) is 0 Å². The first-order valence-corrected chi connectivity index (χ1v) is 6.61. The van der Waals surface area contributed by atoms with Crippen LogP contribution in [0.3, 0.4) is 0 Å². The summed E-state index contributed by atoms with van der Waals surface area (Å²) >= 11 is 0. The number of carbonyl (C=O) groups excluding carboxylic acids is 1. The van der Waals surface area contributed by atoms with Crippen molar-refractivity contribution in [2.75, 3.05) is 11.9 Å². The summed E-state index contributed by atoms with van der Waals surface area (Å²) in [6.07, 6.45) is 0.845. The molecule has 5 nitrogen and oxygen atoms in total. The SMILES string of the molecule is O=C(O)CNC(=O)Nc1ccc2c(c1)Cc1ccccc1-2. The Kier molecular flexibility index (Phi) is 3.31. The fourth-order valence-corrected chi connectivity index (χ4v) is 2.55. The molecule has 0 fully saturated rings. The van der Waals surface area contributed by atoms with Gasteiger partial charge in [0.2, 0.25) is 0 Å². The Bertz CT molecular complexity index is 725. The first-order valence-electron chi connectivity index (χ1n) is 6.61. The summed E-state index contributed by atoms with van der Waals surface area (Å²) in [6.45, 7) is -0.401. The Morgan fingerprint density at radius 2 is 1.81 bits per heavy atom. The first kappa shape index (κ1) is 13.2. The number of nitrogens with one attached hydrogen (secondary N) is 2. The van der Waals surface area contributed by atoms with Gasteiger partial charge in [-0.3, -0.25) is 4.79 Å². The van der Waals surface area contributed by atoms with Gasteiger partial charge >= 0.3 is 12.0 Å². The molecule has 0 atom stereocenters. The van der Waals surface area contributed by atoms with E-state index in [2.05, 4.69) is 22.8 Å². The minimum atomic E-state index is -1.07. The molecule has 0 saturated heterocycles. The molecule has 0 aliphatic heterocycles. The van der Waals surface area contributed by atoms with Crippen molar-refractivity contribution >= 4 is 17.7 Å². The van der Waals surface area contributed by atoms with E-state index in [-0.39, 0.29) is 0 Å². The predicted molar refractivity (Wildman–Crippen MR) is 79.3 cm³/mol. The second kappa shape index (κ2) is 5.28. The standard InChI is InChI=1S/C16H14N2O3/c19-15(20)9-17-16(21)18-12-5-6-14-11(8-12)7-10-3-1-2-4-13(10)14/h1-6,8H,7,9H2,(H,19,20)(H2,17,18,21). The van der Waals surface area contributed by atoms with Gasteiger partial charge in [0.1, 0.15) is 6.54 Å². The zero-order valence-corrected chi connectivity index (χ0v) is 11.2. The van der Waals surface area contributed by atoms with Crippen molar-refractivity contribution in [1.82, 2.24) is 5.32 Å². The number of hydrogen-bond donors (Lipinski definition) is 3. The summed E-state index contributed by atoms with van der Waals surface area (Å²) in [5.74, 6) is -1.07. The molecular weight excluding hydrogens is 268 g/mol. The highest BCUT2D eigenvalue weighted by Crippen LogP contribution is 2.37. The number of rotatable bonds is 3. The number of fused-ring (bicyclic) bond motifs is 3. The van der Waals surface area contributed by atoms with Crippen LogP contribution in [-0.4, -0.2) is 23.7 Å². The lowest BCUT2D eigenvalue weighted by Gasteiger charge is -2.08. The van der Waals surface area contributed by atoms with Crippen LogP contribution in [0, 0.1) is 0 Å². The van der Waals surface area contributed by atoms with Crippen LogP contribution in [0.25, 0.3) is 11.1 Å². The van der Waals surface area contributed by atoms with Crippen molar-refractivity contribution in [3.05, 3.63) is 53.6 Å². The Morgan fingerprint density at radius 1 is 1.05 bits per heavy atom. The van der Waals surface area contributed by atoms with E-state index in [0.29, 0.717) is 5.69 Å². The van der Waals surface area contributed by atoms with Gasteiger partial charge in [-0.25, -0.2) is 4.79 Å². The van der Waals surface area contributed by atoms with Crippen LogP contribution < -0.4 is 10.6 Å². The number of hydrogen-bond acceptors (Lipinski definition) is 2. The van der Waals surface area contributed by atoms with E-state index in [1.165, 1.54) is 16.7 Å². The highest BCUT2D eigenvalue weighted by atomic mass is 16.4. The van der Waals surface area contributed by atoms with E-state index >= 15 is 0 Å². The van der Waals surface area contributed by atoms with Gasteiger partial charge in [-0.2, -0.15) is 0 Å². The van der Waals surface area contributed by atoms with E-state index < -0.39 is 18.5 Å². The molecule has 0 aromatic heterocycles. The molecule has 1 aliphatic carbocycles. The molecule has 5 heteroatoms. The van der Waals surface area contributed by atoms with Crippen LogP contribution in [0.2, 0.25) is 0 Å². The summed E-state index contributed by atoms with van der Waals surface area (Å²) < 4.78 is 0. The lowest BCUT2D eigenvalue weighted by atomic mass is 10.1. The highest BCUT2D eigenvalue weighted by Gasteiger charge is 2.18. The molecule has 2 amide bonds. The van der Waals surface area contributed by atoms with E-state index in [1.807, 2.05) is 30.3 Å². The zero-order chi connectivity index (χ0) is 14.8. The van der Waals surface area contributed by atoms with Gasteiger partial charge in [0.05, 0.1) is 0 Å². The monoisotopic (exact) mass is 282 g/mol. The molecule has 1 aliphatic rings. The van der Waals surface area contributed by atoms with Crippen molar-refractivity contribution in [3.63, 3.8) is 0 Å². The zero-order valence-electron chi connectivity index (χ0n) is 11.2. The number of aliphatic carboxylic acids is 1. The molecule has 0 heterocycles.